The molecule has 0 spiro atoms. The Bertz CT molecular complexity index is 627. The molecule has 0 saturated carbocycles. The van der Waals surface area contributed by atoms with E-state index in [1.807, 2.05) is 0 Å². The third-order valence-electron chi connectivity index (χ3n) is 2.49. The molecule has 2 atom stereocenters. The molecule has 0 amide bonds. The van der Waals surface area contributed by atoms with Crippen LogP contribution in [0.1, 0.15) is 0 Å². The zero-order valence-electron chi connectivity index (χ0n) is 9.26. The molecule has 0 aliphatic heterocycles. The molecule has 18 heavy (non-hydrogen) atoms. The first kappa shape index (κ1) is 13.3. The maximum atomic E-state index is 12.5. The normalized spacial score (nSPS) is 15.9. The average Bonchev–Trinajstić information content (AvgIpc) is 2.39. The molecule has 2 rings (SSSR count). The van der Waals surface area contributed by atoms with Gasteiger partial charge in [-0.15, -0.1) is 0 Å². The van der Waals surface area contributed by atoms with Crippen LogP contribution in [0.4, 0.5) is 0 Å². The van der Waals surface area contributed by atoms with Crippen LogP contribution in [-0.4, -0.2) is 26.7 Å². The van der Waals surface area contributed by atoms with Crippen LogP contribution < -0.4 is 8.70 Å². The van der Waals surface area contributed by atoms with Gasteiger partial charge in [0, 0.05) is 0 Å². The van der Waals surface area contributed by atoms with E-state index in [2.05, 4.69) is 0 Å². The predicted octanol–water partition coefficient (Wildman–Crippen LogP) is 0.246. The summed E-state index contributed by atoms with van der Waals surface area (Å²) in [6, 6.07) is 14.1. The van der Waals surface area contributed by atoms with Crippen molar-refractivity contribution in [2.45, 2.75) is 4.90 Å². The van der Waals surface area contributed by atoms with E-state index in [9.17, 15) is 12.0 Å². The third-order valence-corrected chi connectivity index (χ3v) is 7.83. The first-order valence-electron chi connectivity index (χ1n) is 5.12. The minimum absolute atomic E-state index is 0.00801. The van der Waals surface area contributed by atoms with Crippen LogP contribution in [0.5, 0.6) is 0 Å². The molecule has 0 fully saturated rings. The fraction of sp³-hybridized carbons (Fsp3) is 0. The second-order valence-electron chi connectivity index (χ2n) is 3.63. The summed E-state index contributed by atoms with van der Waals surface area (Å²) in [4.78, 5) is -0.00801. The van der Waals surface area contributed by atoms with Crippen LogP contribution >= 0.6 is 0 Å². The summed E-state index contributed by atoms with van der Waals surface area (Å²) in [7, 11) is 0. The molecule has 2 aromatic carbocycles. The molecule has 2 aromatic rings. The van der Waals surface area contributed by atoms with Gasteiger partial charge in [-0.2, -0.15) is 0 Å². The standard InChI is InChI=1S/C12H11AsO4S/c14-13(15,10-6-2-1-3-7-10)11-8-4-5-9-12(11)18(16)17/h1-9H,(H,14,15)(H,16,17). The van der Waals surface area contributed by atoms with E-state index in [4.69, 9.17) is 4.55 Å². The number of rotatable bonds is 3. The second-order valence-corrected chi connectivity index (χ2v) is 9.08. The Kier molecular flexibility index (Phi) is 3.87. The van der Waals surface area contributed by atoms with Crippen LogP contribution in [0.25, 0.3) is 0 Å². The summed E-state index contributed by atoms with van der Waals surface area (Å²) in [5, 5.41) is 0. The van der Waals surface area contributed by atoms with Crippen molar-refractivity contribution in [1.82, 2.24) is 0 Å². The SMILES string of the molecule is O=S(O)c1ccccc1[As](=O)(O)c1ccccc1. The molecule has 0 aliphatic carbocycles. The Morgan fingerprint density at radius 1 is 0.944 bits per heavy atom. The zero-order valence-corrected chi connectivity index (χ0v) is 12.0. The summed E-state index contributed by atoms with van der Waals surface area (Å²) >= 11 is -6.83. The van der Waals surface area contributed by atoms with E-state index in [0.29, 0.717) is 4.35 Å². The summed E-state index contributed by atoms with van der Waals surface area (Å²) in [6.45, 7) is 0. The monoisotopic (exact) mass is 326 g/mol. The first-order valence-corrected chi connectivity index (χ1v) is 9.71. The Morgan fingerprint density at radius 2 is 1.50 bits per heavy atom. The van der Waals surface area contributed by atoms with E-state index in [-0.39, 0.29) is 9.25 Å². The Labute approximate surface area is 110 Å². The van der Waals surface area contributed by atoms with Crippen molar-refractivity contribution in [2.75, 3.05) is 0 Å². The van der Waals surface area contributed by atoms with Gasteiger partial charge in [0.05, 0.1) is 0 Å². The molecular weight excluding hydrogens is 315 g/mol. The molecule has 0 aliphatic rings. The molecule has 6 heteroatoms. The van der Waals surface area contributed by atoms with E-state index < -0.39 is 24.9 Å². The summed E-state index contributed by atoms with van der Waals surface area (Å²) in [5.41, 5.74) is 0. The number of benzene rings is 2. The zero-order chi connectivity index (χ0) is 13.2. The number of hydrogen-bond acceptors (Lipinski definition) is 2. The van der Waals surface area contributed by atoms with Gasteiger partial charge < -0.3 is 0 Å². The van der Waals surface area contributed by atoms with Gasteiger partial charge in [0.25, 0.3) is 0 Å². The van der Waals surface area contributed by atoms with E-state index in [0.717, 1.165) is 0 Å². The molecule has 0 aromatic heterocycles. The maximum absolute atomic E-state index is 12.5. The summed E-state index contributed by atoms with van der Waals surface area (Å²) < 4.78 is 43.5. The minimum atomic E-state index is -4.55. The molecule has 0 heterocycles. The summed E-state index contributed by atoms with van der Waals surface area (Å²) in [6.07, 6.45) is 0. The van der Waals surface area contributed by atoms with Crippen LogP contribution in [0, 0.1) is 0 Å². The van der Waals surface area contributed by atoms with Crippen molar-refractivity contribution in [3.05, 3.63) is 54.6 Å². The third kappa shape index (κ3) is 2.49. The van der Waals surface area contributed by atoms with Crippen molar-refractivity contribution < 1.29 is 16.6 Å². The van der Waals surface area contributed by atoms with E-state index >= 15 is 0 Å². The van der Waals surface area contributed by atoms with Gasteiger partial charge in [0.2, 0.25) is 0 Å². The molecule has 94 valence electrons. The Balaban J connectivity index is 2.62. The van der Waals surface area contributed by atoms with Crippen molar-refractivity contribution in [1.29, 1.82) is 0 Å². The fourth-order valence-corrected chi connectivity index (χ4v) is 6.38. The van der Waals surface area contributed by atoms with E-state index in [1.54, 1.807) is 42.5 Å². The van der Waals surface area contributed by atoms with Crippen molar-refractivity contribution in [3.63, 3.8) is 0 Å². The molecule has 4 nitrogen and oxygen atoms in total. The van der Waals surface area contributed by atoms with Crippen LogP contribution in [0.15, 0.2) is 59.5 Å². The van der Waals surface area contributed by atoms with Crippen molar-refractivity contribution in [3.8, 4) is 0 Å². The van der Waals surface area contributed by atoms with Gasteiger partial charge in [0.1, 0.15) is 0 Å². The molecule has 2 unspecified atom stereocenters. The van der Waals surface area contributed by atoms with Gasteiger partial charge in [-0.1, -0.05) is 0 Å². The van der Waals surface area contributed by atoms with Gasteiger partial charge in [0.15, 0.2) is 0 Å². The molecule has 0 bridgehead atoms. The first-order chi connectivity index (χ1) is 8.53. The Morgan fingerprint density at radius 3 is 2.11 bits per heavy atom. The quantitative estimate of drug-likeness (QED) is 0.626. The molecule has 0 radical (unpaired) electrons. The van der Waals surface area contributed by atoms with Crippen LogP contribution in [0.2, 0.25) is 0 Å². The average molecular weight is 326 g/mol. The number of hydrogen-bond donors (Lipinski definition) is 2. The van der Waals surface area contributed by atoms with Gasteiger partial charge in [-0.3, -0.25) is 0 Å². The predicted molar refractivity (Wildman–Crippen MR) is 69.8 cm³/mol. The van der Waals surface area contributed by atoms with Gasteiger partial charge in [-0.05, 0) is 0 Å². The molecule has 0 saturated heterocycles. The van der Waals surface area contributed by atoms with Crippen LogP contribution in [-0.2, 0) is 14.8 Å². The Hall–Kier alpha value is -1.13. The van der Waals surface area contributed by atoms with Gasteiger partial charge in [-0.25, -0.2) is 0 Å². The van der Waals surface area contributed by atoms with Crippen LogP contribution in [0.3, 0.4) is 0 Å². The topological polar surface area (TPSA) is 74.6 Å². The van der Waals surface area contributed by atoms with Crippen molar-refractivity contribution >= 4 is 33.6 Å². The van der Waals surface area contributed by atoms with Crippen molar-refractivity contribution in [2.24, 2.45) is 0 Å². The van der Waals surface area contributed by atoms with E-state index in [1.165, 1.54) is 12.1 Å². The second kappa shape index (κ2) is 5.24. The van der Waals surface area contributed by atoms with Gasteiger partial charge >= 0.3 is 110 Å². The fourth-order valence-electron chi connectivity index (χ4n) is 1.62. The molecule has 2 N–H and O–H groups in total. The molecular formula is C12H11AsO4S. The summed E-state index contributed by atoms with van der Waals surface area (Å²) in [5.74, 6) is 0.